The first-order valence-electron chi connectivity index (χ1n) is 6.01. The molecule has 0 aliphatic heterocycles. The Morgan fingerprint density at radius 3 is 2.35 bits per heavy atom. The minimum absolute atomic E-state index is 0.195. The first kappa shape index (κ1) is 13.1. The number of rotatable bonds is 2. The van der Waals surface area contributed by atoms with Gasteiger partial charge in [0.05, 0.1) is 21.1 Å². The summed E-state index contributed by atoms with van der Waals surface area (Å²) in [5, 5.41) is 1.49. The van der Waals surface area contributed by atoms with Crippen molar-refractivity contribution in [3.05, 3.63) is 75.9 Å². The van der Waals surface area contributed by atoms with Gasteiger partial charge in [0.2, 0.25) is 0 Å². The molecule has 0 fully saturated rings. The van der Waals surface area contributed by atoms with E-state index in [1.807, 2.05) is 24.3 Å². The molecule has 3 aromatic rings. The number of aromatic nitrogens is 1. The Hall–Kier alpha value is -1.90. The molecule has 2 nitrogen and oxygen atoms in total. The second-order valence-electron chi connectivity index (χ2n) is 4.30. The van der Waals surface area contributed by atoms with E-state index in [2.05, 4.69) is 4.98 Å². The van der Waals surface area contributed by atoms with Crippen molar-refractivity contribution in [1.29, 1.82) is 0 Å². The molecule has 20 heavy (non-hydrogen) atoms. The highest BCUT2D eigenvalue weighted by atomic mass is 35.5. The molecule has 1 aromatic heterocycles. The number of hydrogen-bond donors (Lipinski definition) is 0. The van der Waals surface area contributed by atoms with Gasteiger partial charge in [-0.3, -0.25) is 9.78 Å². The molecule has 1 heterocycles. The van der Waals surface area contributed by atoms with E-state index in [0.29, 0.717) is 21.2 Å². The second kappa shape index (κ2) is 5.23. The average Bonchev–Trinajstić information content (AvgIpc) is 2.46. The maximum atomic E-state index is 12.7. The van der Waals surface area contributed by atoms with Gasteiger partial charge in [-0.25, -0.2) is 0 Å². The van der Waals surface area contributed by atoms with E-state index < -0.39 is 0 Å². The zero-order chi connectivity index (χ0) is 14.1. The number of fused-ring (bicyclic) bond motifs is 1. The van der Waals surface area contributed by atoms with Crippen molar-refractivity contribution in [3.8, 4) is 0 Å². The average molecular weight is 302 g/mol. The van der Waals surface area contributed by atoms with Crippen LogP contribution in [-0.4, -0.2) is 10.8 Å². The fourth-order valence-corrected chi connectivity index (χ4v) is 2.71. The summed E-state index contributed by atoms with van der Waals surface area (Å²) >= 11 is 12.2. The van der Waals surface area contributed by atoms with E-state index in [0.717, 1.165) is 10.9 Å². The van der Waals surface area contributed by atoms with E-state index in [4.69, 9.17) is 23.2 Å². The van der Waals surface area contributed by atoms with Crippen molar-refractivity contribution in [2.45, 2.75) is 0 Å². The highest BCUT2D eigenvalue weighted by molar-refractivity contribution is 6.41. The van der Waals surface area contributed by atoms with Gasteiger partial charge >= 0.3 is 0 Å². The summed E-state index contributed by atoms with van der Waals surface area (Å²) < 4.78 is 0. The van der Waals surface area contributed by atoms with Gasteiger partial charge in [-0.15, -0.1) is 0 Å². The van der Waals surface area contributed by atoms with Gasteiger partial charge in [0, 0.05) is 17.1 Å². The summed E-state index contributed by atoms with van der Waals surface area (Å²) in [5.74, 6) is -0.195. The zero-order valence-corrected chi connectivity index (χ0v) is 11.8. The molecule has 98 valence electrons. The van der Waals surface area contributed by atoms with Gasteiger partial charge in [-0.2, -0.15) is 0 Å². The van der Waals surface area contributed by atoms with Gasteiger partial charge < -0.3 is 0 Å². The summed E-state index contributed by atoms with van der Waals surface area (Å²) in [6, 6.07) is 14.2. The molecule has 0 atom stereocenters. The lowest BCUT2D eigenvalue weighted by molar-refractivity contribution is 0.104. The molecule has 4 heteroatoms. The Bertz CT molecular complexity index is 789. The van der Waals surface area contributed by atoms with Crippen molar-refractivity contribution in [1.82, 2.24) is 4.98 Å². The molecule has 0 saturated heterocycles. The third-order valence-corrected chi connectivity index (χ3v) is 3.71. The standard InChI is InChI=1S/C16H9Cl2NO/c17-12-5-3-6-13(18)15(12)16(20)11-8-9-19-14-7-2-1-4-10(11)14/h1-9H. The predicted molar refractivity (Wildman–Crippen MR) is 81.6 cm³/mol. The molecule has 0 aliphatic carbocycles. The molecule has 0 aliphatic rings. The number of carbonyl (C=O) groups excluding carboxylic acids is 1. The molecule has 0 N–H and O–H groups in total. The first-order chi connectivity index (χ1) is 9.68. The lowest BCUT2D eigenvalue weighted by Crippen LogP contribution is -2.04. The van der Waals surface area contributed by atoms with Crippen molar-refractivity contribution in [2.24, 2.45) is 0 Å². The maximum absolute atomic E-state index is 12.7. The molecule has 3 rings (SSSR count). The molecule has 0 radical (unpaired) electrons. The molecular weight excluding hydrogens is 293 g/mol. The Labute approximate surface area is 126 Å². The summed E-state index contributed by atoms with van der Waals surface area (Å²) in [6.45, 7) is 0. The molecular formula is C16H9Cl2NO. The van der Waals surface area contributed by atoms with Crippen LogP contribution in [0.1, 0.15) is 15.9 Å². The third-order valence-electron chi connectivity index (χ3n) is 3.08. The quantitative estimate of drug-likeness (QED) is 0.638. The van der Waals surface area contributed by atoms with Crippen LogP contribution in [0.15, 0.2) is 54.7 Å². The Balaban J connectivity index is 2.24. The lowest BCUT2D eigenvalue weighted by Gasteiger charge is -2.08. The largest absolute Gasteiger partial charge is 0.288 e. The van der Waals surface area contributed by atoms with Crippen molar-refractivity contribution in [2.75, 3.05) is 0 Å². The summed E-state index contributed by atoms with van der Waals surface area (Å²) in [6.07, 6.45) is 1.61. The summed E-state index contributed by atoms with van der Waals surface area (Å²) in [5.41, 5.74) is 1.64. The van der Waals surface area contributed by atoms with Crippen molar-refractivity contribution in [3.63, 3.8) is 0 Å². The van der Waals surface area contributed by atoms with E-state index in [1.165, 1.54) is 0 Å². The van der Waals surface area contributed by atoms with Gasteiger partial charge in [-0.1, -0.05) is 47.5 Å². The highest BCUT2D eigenvalue weighted by Crippen LogP contribution is 2.28. The molecule has 0 saturated carbocycles. The Morgan fingerprint density at radius 2 is 1.60 bits per heavy atom. The number of nitrogens with zero attached hydrogens (tertiary/aromatic N) is 1. The van der Waals surface area contributed by atoms with Crippen molar-refractivity contribution < 1.29 is 4.79 Å². The molecule has 2 aromatic carbocycles. The second-order valence-corrected chi connectivity index (χ2v) is 5.12. The van der Waals surface area contributed by atoms with E-state index in [-0.39, 0.29) is 5.78 Å². The van der Waals surface area contributed by atoms with Crippen LogP contribution < -0.4 is 0 Å². The van der Waals surface area contributed by atoms with Gasteiger partial charge in [0.25, 0.3) is 0 Å². The van der Waals surface area contributed by atoms with E-state index >= 15 is 0 Å². The summed E-state index contributed by atoms with van der Waals surface area (Å²) in [7, 11) is 0. The fraction of sp³-hybridized carbons (Fsp3) is 0. The normalized spacial score (nSPS) is 10.7. The number of carbonyl (C=O) groups is 1. The Kier molecular flexibility index (Phi) is 3.43. The SMILES string of the molecule is O=C(c1c(Cl)cccc1Cl)c1ccnc2ccccc12. The summed E-state index contributed by atoms with van der Waals surface area (Å²) in [4.78, 5) is 16.9. The Morgan fingerprint density at radius 1 is 0.900 bits per heavy atom. The fourth-order valence-electron chi connectivity index (χ4n) is 2.14. The molecule has 0 unspecified atom stereocenters. The van der Waals surface area contributed by atoms with E-state index in [1.54, 1.807) is 30.5 Å². The van der Waals surface area contributed by atoms with Gasteiger partial charge in [-0.05, 0) is 24.3 Å². The minimum atomic E-state index is -0.195. The van der Waals surface area contributed by atoms with Crippen molar-refractivity contribution >= 4 is 39.9 Å². The predicted octanol–water partition coefficient (Wildman–Crippen LogP) is 4.77. The number of para-hydroxylation sites is 1. The van der Waals surface area contributed by atoms with Crippen LogP contribution in [0, 0.1) is 0 Å². The van der Waals surface area contributed by atoms with Crippen LogP contribution in [0.3, 0.4) is 0 Å². The number of ketones is 1. The highest BCUT2D eigenvalue weighted by Gasteiger charge is 2.18. The van der Waals surface area contributed by atoms with Crippen LogP contribution in [0.25, 0.3) is 10.9 Å². The molecule has 0 bridgehead atoms. The molecule has 0 spiro atoms. The number of benzene rings is 2. The van der Waals surface area contributed by atoms with Gasteiger partial charge in [0.15, 0.2) is 5.78 Å². The monoisotopic (exact) mass is 301 g/mol. The first-order valence-corrected chi connectivity index (χ1v) is 6.76. The number of hydrogen-bond acceptors (Lipinski definition) is 2. The van der Waals surface area contributed by atoms with Crippen LogP contribution >= 0.6 is 23.2 Å². The third kappa shape index (κ3) is 2.17. The zero-order valence-electron chi connectivity index (χ0n) is 10.3. The molecule has 0 amide bonds. The topological polar surface area (TPSA) is 30.0 Å². The minimum Gasteiger partial charge on any atom is -0.288 e. The number of pyridine rings is 1. The van der Waals surface area contributed by atoms with E-state index in [9.17, 15) is 4.79 Å². The lowest BCUT2D eigenvalue weighted by atomic mass is 10.00. The smallest absolute Gasteiger partial charge is 0.196 e. The van der Waals surface area contributed by atoms with Crippen LogP contribution in [0.4, 0.5) is 0 Å². The number of halogens is 2. The van der Waals surface area contributed by atoms with Crippen LogP contribution in [-0.2, 0) is 0 Å². The van der Waals surface area contributed by atoms with Crippen LogP contribution in [0.2, 0.25) is 10.0 Å². The maximum Gasteiger partial charge on any atom is 0.196 e. The van der Waals surface area contributed by atoms with Crippen LogP contribution in [0.5, 0.6) is 0 Å². The van der Waals surface area contributed by atoms with Gasteiger partial charge in [0.1, 0.15) is 0 Å².